The van der Waals surface area contributed by atoms with Crippen molar-refractivity contribution in [2.75, 3.05) is 6.54 Å². The van der Waals surface area contributed by atoms with E-state index in [2.05, 4.69) is 22.6 Å². The first-order valence-corrected chi connectivity index (χ1v) is 7.41. The third-order valence-corrected chi connectivity index (χ3v) is 4.05. The van der Waals surface area contributed by atoms with Gasteiger partial charge >= 0.3 is 0 Å². The van der Waals surface area contributed by atoms with Gasteiger partial charge in [-0.3, -0.25) is 4.68 Å². The molecule has 1 fully saturated rings. The van der Waals surface area contributed by atoms with Gasteiger partial charge in [-0.15, -0.1) is 5.10 Å². The van der Waals surface area contributed by atoms with Crippen LogP contribution in [0.15, 0.2) is 6.20 Å². The maximum Gasteiger partial charge on any atom is 0.0756 e. The Morgan fingerprint density at radius 1 is 1.33 bits per heavy atom. The van der Waals surface area contributed by atoms with E-state index in [1.807, 2.05) is 17.9 Å². The zero-order valence-electron chi connectivity index (χ0n) is 11.7. The van der Waals surface area contributed by atoms with Gasteiger partial charge in [0.25, 0.3) is 0 Å². The Kier molecular flexibility index (Phi) is 5.17. The van der Waals surface area contributed by atoms with E-state index in [4.69, 9.17) is 0 Å². The number of nitrogens with zero attached hydrogens (tertiary/aromatic N) is 3. The topological polar surface area (TPSA) is 42.7 Å². The maximum atomic E-state index is 4.09. The van der Waals surface area contributed by atoms with Crippen LogP contribution in [-0.4, -0.2) is 21.5 Å². The van der Waals surface area contributed by atoms with Gasteiger partial charge in [0.05, 0.1) is 17.9 Å². The highest BCUT2D eigenvalue weighted by molar-refractivity contribution is 5.04. The van der Waals surface area contributed by atoms with Crippen molar-refractivity contribution in [2.45, 2.75) is 57.9 Å². The standard InChI is InChI=1S/C14H26N4/c1-3-10-15-14(13-11-16-17-18(13)2)12-8-6-4-5-7-9-12/h11-12,14-15H,3-10H2,1-2H3. The summed E-state index contributed by atoms with van der Waals surface area (Å²) in [4.78, 5) is 0. The molecule has 2 rings (SSSR count). The SMILES string of the molecule is CCCNC(c1cnnn1C)C1CCCCCC1. The molecule has 0 bridgehead atoms. The van der Waals surface area contributed by atoms with Gasteiger partial charge < -0.3 is 5.32 Å². The lowest BCUT2D eigenvalue weighted by molar-refractivity contribution is 0.312. The molecule has 18 heavy (non-hydrogen) atoms. The van der Waals surface area contributed by atoms with Gasteiger partial charge in [-0.1, -0.05) is 37.8 Å². The highest BCUT2D eigenvalue weighted by Crippen LogP contribution is 2.33. The summed E-state index contributed by atoms with van der Waals surface area (Å²) in [6.45, 7) is 3.30. The molecule has 0 amide bonds. The Labute approximate surface area is 110 Å². The average molecular weight is 250 g/mol. The van der Waals surface area contributed by atoms with Crippen LogP contribution in [0.4, 0.5) is 0 Å². The summed E-state index contributed by atoms with van der Waals surface area (Å²) >= 11 is 0. The molecule has 1 aromatic heterocycles. The fraction of sp³-hybridized carbons (Fsp3) is 0.857. The summed E-state index contributed by atoms with van der Waals surface area (Å²) in [5.41, 5.74) is 1.25. The molecule has 102 valence electrons. The third-order valence-electron chi connectivity index (χ3n) is 4.05. The molecule has 0 aliphatic heterocycles. The second-order valence-electron chi connectivity index (χ2n) is 5.47. The number of hydrogen-bond acceptors (Lipinski definition) is 3. The highest BCUT2D eigenvalue weighted by atomic mass is 15.4. The molecule has 0 aromatic carbocycles. The van der Waals surface area contributed by atoms with E-state index in [0.29, 0.717) is 6.04 Å². The lowest BCUT2D eigenvalue weighted by Crippen LogP contribution is -2.30. The molecule has 4 heteroatoms. The number of aromatic nitrogens is 3. The van der Waals surface area contributed by atoms with Crippen LogP contribution in [0.1, 0.15) is 63.6 Å². The molecular formula is C14H26N4. The van der Waals surface area contributed by atoms with Gasteiger partial charge in [0.15, 0.2) is 0 Å². The smallest absolute Gasteiger partial charge is 0.0756 e. The molecule has 1 unspecified atom stereocenters. The van der Waals surface area contributed by atoms with Gasteiger partial charge in [-0.2, -0.15) is 0 Å². The predicted molar refractivity (Wildman–Crippen MR) is 73.2 cm³/mol. The summed E-state index contributed by atoms with van der Waals surface area (Å²) in [7, 11) is 2.00. The summed E-state index contributed by atoms with van der Waals surface area (Å²) in [5, 5.41) is 11.8. The second kappa shape index (κ2) is 6.88. The molecule has 1 aromatic rings. The Balaban J connectivity index is 2.10. The molecule has 4 nitrogen and oxygen atoms in total. The van der Waals surface area contributed by atoms with E-state index in [0.717, 1.165) is 12.5 Å². The highest BCUT2D eigenvalue weighted by Gasteiger charge is 2.26. The van der Waals surface area contributed by atoms with E-state index >= 15 is 0 Å². The summed E-state index contributed by atoms with van der Waals surface area (Å²) in [6, 6.07) is 0.433. The van der Waals surface area contributed by atoms with Crippen LogP contribution in [0, 0.1) is 5.92 Å². The lowest BCUT2D eigenvalue weighted by atomic mass is 9.90. The minimum absolute atomic E-state index is 0.433. The molecule has 0 radical (unpaired) electrons. The quantitative estimate of drug-likeness (QED) is 0.817. The minimum Gasteiger partial charge on any atom is -0.308 e. The van der Waals surface area contributed by atoms with E-state index in [9.17, 15) is 0 Å². The Hall–Kier alpha value is -0.900. The molecule has 1 heterocycles. The molecule has 0 saturated heterocycles. The zero-order valence-corrected chi connectivity index (χ0v) is 11.7. The monoisotopic (exact) mass is 250 g/mol. The van der Waals surface area contributed by atoms with Crippen molar-refractivity contribution in [2.24, 2.45) is 13.0 Å². The van der Waals surface area contributed by atoms with Gasteiger partial charge in [0, 0.05) is 7.05 Å². The van der Waals surface area contributed by atoms with E-state index in [1.54, 1.807) is 0 Å². The van der Waals surface area contributed by atoms with Crippen LogP contribution in [0.3, 0.4) is 0 Å². The summed E-state index contributed by atoms with van der Waals surface area (Å²) in [5.74, 6) is 0.747. The molecule has 1 aliphatic carbocycles. The number of nitrogens with one attached hydrogen (secondary N) is 1. The van der Waals surface area contributed by atoms with Crippen molar-refractivity contribution < 1.29 is 0 Å². The maximum absolute atomic E-state index is 4.09. The first kappa shape index (κ1) is 13.5. The normalized spacial score (nSPS) is 19.7. The van der Waals surface area contributed by atoms with Gasteiger partial charge in [0.1, 0.15) is 0 Å². The Morgan fingerprint density at radius 2 is 2.06 bits per heavy atom. The second-order valence-corrected chi connectivity index (χ2v) is 5.47. The Bertz CT molecular complexity index is 339. The van der Waals surface area contributed by atoms with Crippen molar-refractivity contribution in [3.63, 3.8) is 0 Å². The molecule has 1 atom stereocenters. The predicted octanol–water partition coefficient (Wildman–Crippen LogP) is 2.83. The average Bonchev–Trinajstić information content (AvgIpc) is 2.65. The van der Waals surface area contributed by atoms with Crippen LogP contribution in [0.2, 0.25) is 0 Å². The minimum atomic E-state index is 0.433. The van der Waals surface area contributed by atoms with Crippen molar-refractivity contribution in [1.29, 1.82) is 0 Å². The first-order valence-electron chi connectivity index (χ1n) is 7.41. The zero-order chi connectivity index (χ0) is 12.8. The van der Waals surface area contributed by atoms with Crippen molar-refractivity contribution in [3.8, 4) is 0 Å². The largest absolute Gasteiger partial charge is 0.308 e. The van der Waals surface area contributed by atoms with E-state index < -0.39 is 0 Å². The van der Waals surface area contributed by atoms with Crippen LogP contribution >= 0.6 is 0 Å². The van der Waals surface area contributed by atoms with Crippen LogP contribution < -0.4 is 5.32 Å². The molecule has 1 aliphatic rings. The van der Waals surface area contributed by atoms with E-state index in [-0.39, 0.29) is 0 Å². The van der Waals surface area contributed by atoms with Gasteiger partial charge in [-0.05, 0) is 31.7 Å². The summed E-state index contributed by atoms with van der Waals surface area (Å²) < 4.78 is 1.93. The Morgan fingerprint density at radius 3 is 2.61 bits per heavy atom. The van der Waals surface area contributed by atoms with Crippen LogP contribution in [0.5, 0.6) is 0 Å². The van der Waals surface area contributed by atoms with E-state index in [1.165, 1.54) is 50.6 Å². The fourth-order valence-corrected chi connectivity index (χ4v) is 3.04. The van der Waals surface area contributed by atoms with Crippen molar-refractivity contribution >= 4 is 0 Å². The van der Waals surface area contributed by atoms with Crippen molar-refractivity contribution in [3.05, 3.63) is 11.9 Å². The van der Waals surface area contributed by atoms with Crippen LogP contribution in [-0.2, 0) is 7.05 Å². The van der Waals surface area contributed by atoms with Crippen molar-refractivity contribution in [1.82, 2.24) is 20.3 Å². The first-order chi connectivity index (χ1) is 8.83. The molecule has 1 N–H and O–H groups in total. The van der Waals surface area contributed by atoms with Gasteiger partial charge in [-0.25, -0.2) is 0 Å². The molecule has 0 spiro atoms. The number of hydrogen-bond donors (Lipinski definition) is 1. The summed E-state index contributed by atoms with van der Waals surface area (Å²) in [6.07, 6.45) is 11.3. The lowest BCUT2D eigenvalue weighted by Gasteiger charge is -2.27. The van der Waals surface area contributed by atoms with Gasteiger partial charge in [0.2, 0.25) is 0 Å². The number of aryl methyl sites for hydroxylation is 1. The molecular weight excluding hydrogens is 224 g/mol. The number of rotatable bonds is 5. The van der Waals surface area contributed by atoms with Crippen LogP contribution in [0.25, 0.3) is 0 Å². The fourth-order valence-electron chi connectivity index (χ4n) is 3.04. The molecule has 1 saturated carbocycles. The third kappa shape index (κ3) is 3.31.